The largest absolute Gasteiger partial charge is 0.481 e. The SMILES string of the molecule is O=C(O)CSc1ccc([N+](=O)[O-])cc1Cl. The third kappa shape index (κ3) is 3.41. The number of carboxylic acid groups (broad SMARTS) is 1. The Morgan fingerprint density at radius 3 is 2.73 bits per heavy atom. The molecule has 0 spiro atoms. The number of carboxylic acids is 1. The fourth-order valence-corrected chi connectivity index (χ4v) is 1.84. The standard InChI is InChI=1S/C8H6ClNO4S/c9-6-3-5(10(13)14)1-2-7(6)15-4-8(11)12/h1-3H,4H2,(H,11,12). The molecule has 0 aliphatic rings. The highest BCUT2D eigenvalue weighted by Gasteiger charge is 2.10. The summed E-state index contributed by atoms with van der Waals surface area (Å²) in [4.78, 5) is 20.6. The van der Waals surface area contributed by atoms with Crippen molar-refractivity contribution in [3.63, 3.8) is 0 Å². The minimum Gasteiger partial charge on any atom is -0.481 e. The van der Waals surface area contributed by atoms with E-state index < -0.39 is 10.9 Å². The van der Waals surface area contributed by atoms with E-state index >= 15 is 0 Å². The van der Waals surface area contributed by atoms with E-state index in [2.05, 4.69) is 0 Å². The van der Waals surface area contributed by atoms with Gasteiger partial charge in [0, 0.05) is 17.0 Å². The lowest BCUT2D eigenvalue weighted by molar-refractivity contribution is -0.384. The number of halogens is 1. The molecule has 0 atom stereocenters. The number of nitro benzene ring substituents is 1. The van der Waals surface area contributed by atoms with Crippen LogP contribution in [0.2, 0.25) is 5.02 Å². The van der Waals surface area contributed by atoms with E-state index in [9.17, 15) is 14.9 Å². The number of carbonyl (C=O) groups is 1. The predicted molar refractivity (Wildman–Crippen MR) is 56.5 cm³/mol. The second-order valence-corrected chi connectivity index (χ2v) is 3.98. The van der Waals surface area contributed by atoms with E-state index in [1.165, 1.54) is 18.2 Å². The Balaban J connectivity index is 2.83. The van der Waals surface area contributed by atoms with Crippen molar-refractivity contribution in [3.05, 3.63) is 33.3 Å². The zero-order chi connectivity index (χ0) is 11.4. The summed E-state index contributed by atoms with van der Waals surface area (Å²) in [7, 11) is 0. The molecule has 0 heterocycles. The third-order valence-corrected chi connectivity index (χ3v) is 2.96. The Morgan fingerprint density at radius 2 is 2.27 bits per heavy atom. The number of aliphatic carboxylic acids is 1. The van der Waals surface area contributed by atoms with Crippen LogP contribution in [0.3, 0.4) is 0 Å². The van der Waals surface area contributed by atoms with Crippen LogP contribution in [0.25, 0.3) is 0 Å². The van der Waals surface area contributed by atoms with Crippen LogP contribution in [0, 0.1) is 10.1 Å². The molecule has 0 radical (unpaired) electrons. The molecule has 15 heavy (non-hydrogen) atoms. The lowest BCUT2D eigenvalue weighted by atomic mass is 10.3. The maximum absolute atomic E-state index is 10.4. The van der Waals surface area contributed by atoms with Crippen LogP contribution >= 0.6 is 23.4 Å². The maximum Gasteiger partial charge on any atom is 0.313 e. The number of non-ortho nitro benzene ring substituents is 1. The number of hydrogen-bond donors (Lipinski definition) is 1. The van der Waals surface area contributed by atoms with E-state index in [1.807, 2.05) is 0 Å². The number of rotatable bonds is 4. The molecule has 0 unspecified atom stereocenters. The predicted octanol–water partition coefficient (Wildman–Crippen LogP) is 2.42. The fourth-order valence-electron chi connectivity index (χ4n) is 0.860. The summed E-state index contributed by atoms with van der Waals surface area (Å²) in [6.45, 7) is 0. The molecule has 0 aliphatic heterocycles. The van der Waals surface area contributed by atoms with Crippen LogP contribution in [0.5, 0.6) is 0 Å². The van der Waals surface area contributed by atoms with Gasteiger partial charge in [-0.1, -0.05) is 11.6 Å². The van der Waals surface area contributed by atoms with Gasteiger partial charge in [0.05, 0.1) is 15.7 Å². The van der Waals surface area contributed by atoms with Gasteiger partial charge in [-0.05, 0) is 6.07 Å². The van der Waals surface area contributed by atoms with Crippen LogP contribution in [0.1, 0.15) is 0 Å². The Kier molecular flexibility index (Phi) is 3.93. The van der Waals surface area contributed by atoms with Crippen molar-refractivity contribution in [2.75, 3.05) is 5.75 Å². The van der Waals surface area contributed by atoms with Gasteiger partial charge in [0.1, 0.15) is 0 Å². The van der Waals surface area contributed by atoms with Crippen LogP contribution in [-0.2, 0) is 4.79 Å². The molecular formula is C8H6ClNO4S. The summed E-state index contributed by atoms with van der Waals surface area (Å²) in [5.41, 5.74) is -0.111. The van der Waals surface area contributed by atoms with E-state index in [4.69, 9.17) is 16.7 Å². The molecule has 0 saturated carbocycles. The summed E-state index contributed by atoms with van der Waals surface area (Å²) in [5.74, 6) is -1.09. The molecule has 80 valence electrons. The van der Waals surface area contributed by atoms with Gasteiger partial charge in [0.25, 0.3) is 5.69 Å². The summed E-state index contributed by atoms with van der Waals surface area (Å²) < 4.78 is 0. The lowest BCUT2D eigenvalue weighted by Crippen LogP contribution is -1.97. The van der Waals surface area contributed by atoms with Crippen LogP contribution in [0.15, 0.2) is 23.1 Å². The molecule has 0 aliphatic carbocycles. The van der Waals surface area contributed by atoms with Crippen molar-refractivity contribution < 1.29 is 14.8 Å². The van der Waals surface area contributed by atoms with Crippen molar-refractivity contribution in [2.45, 2.75) is 4.90 Å². The minimum absolute atomic E-state index is 0.111. The molecule has 1 aromatic rings. The molecule has 0 fully saturated rings. The van der Waals surface area contributed by atoms with Gasteiger partial charge in [-0.3, -0.25) is 14.9 Å². The highest BCUT2D eigenvalue weighted by atomic mass is 35.5. The van der Waals surface area contributed by atoms with E-state index in [0.29, 0.717) is 4.90 Å². The molecule has 0 aromatic heterocycles. The van der Waals surface area contributed by atoms with Gasteiger partial charge < -0.3 is 5.11 Å². The first kappa shape index (κ1) is 11.8. The summed E-state index contributed by atoms with van der Waals surface area (Å²) in [6.07, 6.45) is 0. The topological polar surface area (TPSA) is 80.4 Å². The van der Waals surface area contributed by atoms with Gasteiger partial charge in [-0.25, -0.2) is 0 Å². The van der Waals surface area contributed by atoms with E-state index in [-0.39, 0.29) is 16.5 Å². The molecule has 7 heteroatoms. The van der Waals surface area contributed by atoms with Crippen molar-refractivity contribution in [2.24, 2.45) is 0 Å². The first-order valence-electron chi connectivity index (χ1n) is 3.79. The summed E-state index contributed by atoms with van der Waals surface area (Å²) >= 11 is 6.76. The second kappa shape index (κ2) is 4.99. The molecule has 0 saturated heterocycles. The van der Waals surface area contributed by atoms with E-state index in [0.717, 1.165) is 11.8 Å². The molecule has 1 N–H and O–H groups in total. The van der Waals surface area contributed by atoms with Gasteiger partial charge in [0.15, 0.2) is 0 Å². The van der Waals surface area contributed by atoms with Crippen molar-refractivity contribution in [3.8, 4) is 0 Å². The second-order valence-electron chi connectivity index (χ2n) is 2.55. The monoisotopic (exact) mass is 247 g/mol. The normalized spacial score (nSPS) is 9.93. The molecule has 1 rings (SSSR count). The quantitative estimate of drug-likeness (QED) is 0.502. The molecular weight excluding hydrogens is 242 g/mol. The van der Waals surface area contributed by atoms with Crippen LogP contribution < -0.4 is 0 Å². The zero-order valence-corrected chi connectivity index (χ0v) is 8.92. The first-order valence-corrected chi connectivity index (χ1v) is 5.15. The minimum atomic E-state index is -0.964. The third-order valence-electron chi connectivity index (χ3n) is 1.48. The van der Waals surface area contributed by atoms with Gasteiger partial charge in [-0.15, -0.1) is 11.8 Å². The zero-order valence-electron chi connectivity index (χ0n) is 7.34. The fraction of sp³-hybridized carbons (Fsp3) is 0.125. The number of hydrogen-bond acceptors (Lipinski definition) is 4. The first-order chi connectivity index (χ1) is 7.00. The molecule has 0 bridgehead atoms. The average molecular weight is 248 g/mol. The van der Waals surface area contributed by atoms with E-state index in [1.54, 1.807) is 0 Å². The number of thioether (sulfide) groups is 1. The smallest absolute Gasteiger partial charge is 0.313 e. The van der Waals surface area contributed by atoms with Crippen molar-refractivity contribution in [1.82, 2.24) is 0 Å². The lowest BCUT2D eigenvalue weighted by Gasteiger charge is -2.01. The highest BCUT2D eigenvalue weighted by molar-refractivity contribution is 8.00. The molecule has 1 aromatic carbocycles. The number of nitro groups is 1. The number of benzene rings is 1. The maximum atomic E-state index is 10.4. The molecule has 0 amide bonds. The Labute approximate surface area is 94.2 Å². The Bertz CT molecular complexity index is 410. The van der Waals surface area contributed by atoms with Crippen molar-refractivity contribution in [1.29, 1.82) is 0 Å². The summed E-state index contributed by atoms with van der Waals surface area (Å²) in [6, 6.07) is 3.93. The van der Waals surface area contributed by atoms with Gasteiger partial charge in [-0.2, -0.15) is 0 Å². The van der Waals surface area contributed by atoms with Gasteiger partial charge in [0.2, 0.25) is 0 Å². The summed E-state index contributed by atoms with van der Waals surface area (Å²) in [5, 5.41) is 19.0. The van der Waals surface area contributed by atoms with Crippen LogP contribution in [0.4, 0.5) is 5.69 Å². The Morgan fingerprint density at radius 1 is 1.60 bits per heavy atom. The average Bonchev–Trinajstić information content (AvgIpc) is 2.15. The number of nitrogens with zero attached hydrogens (tertiary/aromatic N) is 1. The van der Waals surface area contributed by atoms with Crippen molar-refractivity contribution >= 4 is 35.0 Å². The highest BCUT2D eigenvalue weighted by Crippen LogP contribution is 2.30. The van der Waals surface area contributed by atoms with Gasteiger partial charge >= 0.3 is 5.97 Å². The molecule has 5 nitrogen and oxygen atoms in total. The van der Waals surface area contributed by atoms with Crippen LogP contribution in [-0.4, -0.2) is 21.8 Å². The Hall–Kier alpha value is -1.27.